The number of hydrogen-bond acceptors (Lipinski definition) is 5. The van der Waals surface area contributed by atoms with Gasteiger partial charge in [-0.1, -0.05) is 56.3 Å². The van der Waals surface area contributed by atoms with E-state index in [0.29, 0.717) is 18.7 Å². The fraction of sp³-hybridized carbons (Fsp3) is 0.455. The molecule has 2 N–H and O–H groups in total. The average Bonchev–Trinajstić information content (AvgIpc) is 3.04. The summed E-state index contributed by atoms with van der Waals surface area (Å²) in [5.41, 5.74) is 2.33. The number of aliphatic hydroxyl groups is 1. The lowest BCUT2D eigenvalue weighted by atomic mass is 9.78. The Hall–Kier alpha value is -1.89. The molecular formula is C22H29NO4S. The fourth-order valence-electron chi connectivity index (χ4n) is 3.50. The molecule has 6 heteroatoms. The van der Waals surface area contributed by atoms with Gasteiger partial charge in [-0.25, -0.2) is 8.42 Å². The van der Waals surface area contributed by atoms with Crippen molar-refractivity contribution in [3.8, 4) is 5.75 Å². The largest absolute Gasteiger partial charge is 0.491 e. The van der Waals surface area contributed by atoms with E-state index in [4.69, 9.17) is 4.74 Å². The van der Waals surface area contributed by atoms with Crippen LogP contribution < -0.4 is 10.1 Å². The Morgan fingerprint density at radius 2 is 1.75 bits per heavy atom. The highest BCUT2D eigenvalue weighted by Crippen LogP contribution is 2.32. The van der Waals surface area contributed by atoms with E-state index in [2.05, 4.69) is 43.4 Å². The molecule has 1 heterocycles. The van der Waals surface area contributed by atoms with E-state index in [-0.39, 0.29) is 29.6 Å². The molecule has 0 unspecified atom stereocenters. The summed E-state index contributed by atoms with van der Waals surface area (Å²) >= 11 is 0. The van der Waals surface area contributed by atoms with Crippen LogP contribution in [0.5, 0.6) is 5.75 Å². The molecule has 0 aromatic heterocycles. The van der Waals surface area contributed by atoms with Crippen molar-refractivity contribution in [3.05, 3.63) is 65.7 Å². The first-order valence-electron chi connectivity index (χ1n) is 9.67. The highest BCUT2D eigenvalue weighted by molar-refractivity contribution is 7.91. The first-order valence-corrected chi connectivity index (χ1v) is 11.5. The zero-order valence-corrected chi connectivity index (χ0v) is 17.3. The second-order valence-electron chi connectivity index (χ2n) is 7.99. The molecule has 0 saturated carbocycles. The topological polar surface area (TPSA) is 75.6 Å². The number of nitrogens with one attached hydrogen (secondary N) is 1. The van der Waals surface area contributed by atoms with Gasteiger partial charge >= 0.3 is 0 Å². The molecule has 3 rings (SSSR count). The Morgan fingerprint density at radius 1 is 1.11 bits per heavy atom. The van der Waals surface area contributed by atoms with Crippen LogP contribution in [0.3, 0.4) is 0 Å². The molecule has 0 spiro atoms. The smallest absolute Gasteiger partial charge is 0.151 e. The molecule has 28 heavy (non-hydrogen) atoms. The minimum atomic E-state index is -2.91. The SMILES string of the molecule is CC(C)(c1ccccc1)c1ccc(OC[C@H](O)CN[C@H]2CCS(=O)(=O)C2)cc1. The number of rotatable bonds is 8. The van der Waals surface area contributed by atoms with Crippen LogP contribution in [-0.4, -0.2) is 50.3 Å². The van der Waals surface area contributed by atoms with Crippen molar-refractivity contribution in [2.24, 2.45) is 0 Å². The molecule has 1 fully saturated rings. The number of ether oxygens (including phenoxy) is 1. The van der Waals surface area contributed by atoms with Crippen LogP contribution in [0.4, 0.5) is 0 Å². The van der Waals surface area contributed by atoms with Crippen molar-refractivity contribution in [1.29, 1.82) is 0 Å². The molecule has 0 radical (unpaired) electrons. The predicted octanol–water partition coefficient (Wildman–Crippen LogP) is 2.53. The van der Waals surface area contributed by atoms with E-state index >= 15 is 0 Å². The highest BCUT2D eigenvalue weighted by atomic mass is 32.2. The van der Waals surface area contributed by atoms with Gasteiger partial charge in [-0.3, -0.25) is 0 Å². The minimum absolute atomic E-state index is 0.0702. The number of aliphatic hydroxyl groups excluding tert-OH is 1. The molecule has 1 aliphatic heterocycles. The van der Waals surface area contributed by atoms with E-state index in [1.807, 2.05) is 30.3 Å². The zero-order valence-electron chi connectivity index (χ0n) is 16.5. The maximum absolute atomic E-state index is 11.5. The average molecular weight is 404 g/mol. The van der Waals surface area contributed by atoms with Crippen LogP contribution in [0.25, 0.3) is 0 Å². The molecular weight excluding hydrogens is 374 g/mol. The lowest BCUT2D eigenvalue weighted by Crippen LogP contribution is -2.38. The summed E-state index contributed by atoms with van der Waals surface area (Å²) in [6.07, 6.45) is -0.0853. The number of hydrogen-bond donors (Lipinski definition) is 2. The van der Waals surface area contributed by atoms with Crippen molar-refractivity contribution < 1.29 is 18.3 Å². The van der Waals surface area contributed by atoms with Crippen molar-refractivity contribution in [2.75, 3.05) is 24.7 Å². The predicted molar refractivity (Wildman–Crippen MR) is 112 cm³/mol. The van der Waals surface area contributed by atoms with E-state index in [0.717, 1.165) is 0 Å². The molecule has 1 aliphatic rings. The van der Waals surface area contributed by atoms with Crippen molar-refractivity contribution in [3.63, 3.8) is 0 Å². The summed E-state index contributed by atoms with van der Waals surface area (Å²) in [7, 11) is -2.91. The molecule has 2 atom stereocenters. The van der Waals surface area contributed by atoms with Gasteiger partial charge in [0.25, 0.3) is 0 Å². The summed E-state index contributed by atoms with van der Waals surface area (Å²) in [6, 6.07) is 18.2. The summed E-state index contributed by atoms with van der Waals surface area (Å²) in [4.78, 5) is 0. The first kappa shape index (κ1) is 20.8. The van der Waals surface area contributed by atoms with E-state index < -0.39 is 15.9 Å². The van der Waals surface area contributed by atoms with Gasteiger partial charge in [-0.05, 0) is 29.7 Å². The van der Waals surface area contributed by atoms with E-state index in [1.54, 1.807) is 0 Å². The third-order valence-corrected chi connectivity index (χ3v) is 7.16. The summed E-state index contributed by atoms with van der Waals surface area (Å²) in [6.45, 7) is 4.86. The molecule has 152 valence electrons. The summed E-state index contributed by atoms with van der Waals surface area (Å²) in [5.74, 6) is 1.08. The van der Waals surface area contributed by atoms with Crippen LogP contribution >= 0.6 is 0 Å². The zero-order chi connectivity index (χ0) is 20.2. The monoisotopic (exact) mass is 403 g/mol. The van der Waals surface area contributed by atoms with Crippen LogP contribution in [0.1, 0.15) is 31.4 Å². The van der Waals surface area contributed by atoms with Gasteiger partial charge in [0.1, 0.15) is 18.5 Å². The Balaban J connectivity index is 1.49. The number of benzene rings is 2. The summed E-state index contributed by atoms with van der Waals surface area (Å²) < 4.78 is 28.6. The third kappa shape index (κ3) is 5.34. The first-order chi connectivity index (χ1) is 13.3. The summed E-state index contributed by atoms with van der Waals surface area (Å²) in [5, 5.41) is 13.2. The standard InChI is InChI=1S/C22H29NO4S/c1-22(2,17-6-4-3-5-7-17)18-8-10-21(11-9-18)27-15-20(24)14-23-19-12-13-28(25,26)16-19/h3-11,19-20,23-24H,12-16H2,1-2H3/t19-,20+/m0/s1. The van der Waals surface area contributed by atoms with Gasteiger partial charge in [0.2, 0.25) is 0 Å². The van der Waals surface area contributed by atoms with Crippen molar-refractivity contribution >= 4 is 9.84 Å². The van der Waals surface area contributed by atoms with Gasteiger partial charge in [-0.2, -0.15) is 0 Å². The molecule has 1 saturated heterocycles. The van der Waals surface area contributed by atoms with Crippen LogP contribution in [0.15, 0.2) is 54.6 Å². The van der Waals surface area contributed by atoms with Gasteiger partial charge in [0, 0.05) is 18.0 Å². The van der Waals surface area contributed by atoms with Gasteiger partial charge in [-0.15, -0.1) is 0 Å². The molecule has 5 nitrogen and oxygen atoms in total. The van der Waals surface area contributed by atoms with E-state index in [9.17, 15) is 13.5 Å². The normalized spacial score (nSPS) is 20.0. The number of sulfone groups is 1. The van der Waals surface area contributed by atoms with Crippen molar-refractivity contribution in [2.45, 2.75) is 37.8 Å². The van der Waals surface area contributed by atoms with Gasteiger partial charge in [0.05, 0.1) is 11.5 Å². The maximum atomic E-state index is 11.5. The molecule has 0 aliphatic carbocycles. The quantitative estimate of drug-likeness (QED) is 0.708. The second-order valence-corrected chi connectivity index (χ2v) is 10.2. The molecule has 2 aromatic rings. The van der Waals surface area contributed by atoms with E-state index in [1.165, 1.54) is 11.1 Å². The molecule has 2 aromatic carbocycles. The minimum Gasteiger partial charge on any atom is -0.491 e. The Labute approximate surface area is 167 Å². The highest BCUT2D eigenvalue weighted by Gasteiger charge is 2.27. The second kappa shape index (κ2) is 8.64. The lowest BCUT2D eigenvalue weighted by Gasteiger charge is -2.26. The fourth-order valence-corrected chi connectivity index (χ4v) is 5.21. The van der Waals surface area contributed by atoms with Crippen LogP contribution in [0, 0.1) is 0 Å². The third-order valence-electron chi connectivity index (χ3n) is 5.39. The van der Waals surface area contributed by atoms with Crippen LogP contribution in [0.2, 0.25) is 0 Å². The Morgan fingerprint density at radius 3 is 2.36 bits per heavy atom. The van der Waals surface area contributed by atoms with Crippen LogP contribution in [-0.2, 0) is 15.3 Å². The Bertz CT molecular complexity index is 863. The van der Waals surface area contributed by atoms with Gasteiger partial charge < -0.3 is 15.2 Å². The molecule has 0 amide bonds. The molecule has 0 bridgehead atoms. The van der Waals surface area contributed by atoms with Crippen molar-refractivity contribution in [1.82, 2.24) is 5.32 Å². The lowest BCUT2D eigenvalue weighted by molar-refractivity contribution is 0.104. The van der Waals surface area contributed by atoms with Gasteiger partial charge in [0.15, 0.2) is 9.84 Å². The Kier molecular flexibility index (Phi) is 6.43. The maximum Gasteiger partial charge on any atom is 0.151 e.